The fourth-order valence-corrected chi connectivity index (χ4v) is 3.15. The van der Waals surface area contributed by atoms with Crippen molar-refractivity contribution < 1.29 is 4.79 Å². The van der Waals surface area contributed by atoms with Gasteiger partial charge in [-0.25, -0.2) is 0 Å². The van der Waals surface area contributed by atoms with Crippen LogP contribution in [0.15, 0.2) is 60.7 Å². The van der Waals surface area contributed by atoms with Crippen molar-refractivity contribution in [1.29, 1.82) is 0 Å². The SMILES string of the molecule is O=C(Cc1ccccc1)N1CCc2[nH]nc(Nc3ccccc3)c2C1. The Morgan fingerprint density at radius 2 is 1.80 bits per heavy atom. The molecule has 1 aliphatic rings. The maximum absolute atomic E-state index is 12.6. The van der Waals surface area contributed by atoms with Crippen LogP contribution < -0.4 is 5.32 Å². The molecule has 3 aromatic rings. The molecule has 2 heterocycles. The lowest BCUT2D eigenvalue weighted by Crippen LogP contribution is -2.36. The highest BCUT2D eigenvalue weighted by atomic mass is 16.2. The molecular formula is C20H20N4O. The summed E-state index contributed by atoms with van der Waals surface area (Å²) in [4.78, 5) is 14.6. The fraction of sp³-hybridized carbons (Fsp3) is 0.200. The van der Waals surface area contributed by atoms with Crippen LogP contribution in [-0.4, -0.2) is 27.5 Å². The second-order valence-electron chi connectivity index (χ2n) is 6.25. The molecule has 0 aliphatic carbocycles. The van der Waals surface area contributed by atoms with Gasteiger partial charge in [0.2, 0.25) is 5.91 Å². The molecule has 5 heteroatoms. The molecule has 0 saturated carbocycles. The lowest BCUT2D eigenvalue weighted by molar-refractivity contribution is -0.131. The average molecular weight is 332 g/mol. The fourth-order valence-electron chi connectivity index (χ4n) is 3.15. The van der Waals surface area contributed by atoms with Crippen molar-refractivity contribution in [1.82, 2.24) is 15.1 Å². The van der Waals surface area contributed by atoms with Crippen molar-refractivity contribution in [2.45, 2.75) is 19.4 Å². The van der Waals surface area contributed by atoms with Gasteiger partial charge in [-0.15, -0.1) is 0 Å². The molecule has 0 saturated heterocycles. The number of hydrogen-bond acceptors (Lipinski definition) is 3. The van der Waals surface area contributed by atoms with Crippen LogP contribution in [0.1, 0.15) is 16.8 Å². The molecule has 126 valence electrons. The van der Waals surface area contributed by atoms with Gasteiger partial charge in [-0.2, -0.15) is 5.10 Å². The van der Waals surface area contributed by atoms with Gasteiger partial charge in [-0.1, -0.05) is 48.5 Å². The number of aromatic nitrogens is 2. The summed E-state index contributed by atoms with van der Waals surface area (Å²) in [6.07, 6.45) is 1.24. The minimum absolute atomic E-state index is 0.156. The number of nitrogens with zero attached hydrogens (tertiary/aromatic N) is 2. The summed E-state index contributed by atoms with van der Waals surface area (Å²) >= 11 is 0. The quantitative estimate of drug-likeness (QED) is 0.771. The Morgan fingerprint density at radius 1 is 1.08 bits per heavy atom. The summed E-state index contributed by atoms with van der Waals surface area (Å²) in [6.45, 7) is 1.32. The Balaban J connectivity index is 1.48. The molecule has 2 aromatic carbocycles. The summed E-state index contributed by atoms with van der Waals surface area (Å²) in [5.41, 5.74) is 4.23. The largest absolute Gasteiger partial charge is 0.338 e. The van der Waals surface area contributed by atoms with Crippen molar-refractivity contribution >= 4 is 17.4 Å². The van der Waals surface area contributed by atoms with Crippen LogP contribution in [-0.2, 0) is 24.2 Å². The summed E-state index contributed by atoms with van der Waals surface area (Å²) in [5.74, 6) is 0.960. The van der Waals surface area contributed by atoms with E-state index in [2.05, 4.69) is 15.5 Å². The molecule has 0 bridgehead atoms. The van der Waals surface area contributed by atoms with Gasteiger partial charge < -0.3 is 10.2 Å². The first kappa shape index (κ1) is 15.4. The van der Waals surface area contributed by atoms with Crippen molar-refractivity contribution in [3.8, 4) is 0 Å². The third-order valence-electron chi connectivity index (χ3n) is 4.52. The molecule has 0 atom stereocenters. The maximum atomic E-state index is 12.6. The highest BCUT2D eigenvalue weighted by molar-refractivity contribution is 5.79. The number of carbonyl (C=O) groups excluding carboxylic acids is 1. The summed E-state index contributed by atoms with van der Waals surface area (Å²) < 4.78 is 0. The first-order valence-electron chi connectivity index (χ1n) is 8.49. The van der Waals surface area contributed by atoms with Gasteiger partial charge in [0.15, 0.2) is 5.82 Å². The van der Waals surface area contributed by atoms with E-state index in [-0.39, 0.29) is 5.91 Å². The molecule has 1 aliphatic heterocycles. The molecule has 1 aromatic heterocycles. The van der Waals surface area contributed by atoms with Crippen LogP contribution in [0.5, 0.6) is 0 Å². The topological polar surface area (TPSA) is 61.0 Å². The zero-order valence-corrected chi connectivity index (χ0v) is 13.9. The van der Waals surface area contributed by atoms with Crippen molar-refractivity contribution in [3.05, 3.63) is 77.5 Å². The van der Waals surface area contributed by atoms with E-state index in [0.717, 1.165) is 41.3 Å². The highest BCUT2D eigenvalue weighted by Gasteiger charge is 2.25. The number of nitrogens with one attached hydrogen (secondary N) is 2. The van der Waals surface area contributed by atoms with Gasteiger partial charge in [0.25, 0.3) is 0 Å². The van der Waals surface area contributed by atoms with Crippen molar-refractivity contribution in [2.75, 3.05) is 11.9 Å². The van der Waals surface area contributed by atoms with Gasteiger partial charge >= 0.3 is 0 Å². The lowest BCUT2D eigenvalue weighted by Gasteiger charge is -2.27. The van der Waals surface area contributed by atoms with E-state index < -0.39 is 0 Å². The molecule has 0 radical (unpaired) electrons. The van der Waals surface area contributed by atoms with Crippen molar-refractivity contribution in [3.63, 3.8) is 0 Å². The van der Waals surface area contributed by atoms with E-state index >= 15 is 0 Å². The second kappa shape index (κ2) is 6.81. The summed E-state index contributed by atoms with van der Waals surface area (Å²) in [6, 6.07) is 19.8. The maximum Gasteiger partial charge on any atom is 0.227 e. The number of para-hydroxylation sites is 1. The number of rotatable bonds is 4. The Bertz CT molecular complexity index is 858. The van der Waals surface area contributed by atoms with Crippen LogP contribution in [0.25, 0.3) is 0 Å². The standard InChI is InChI=1S/C20H20N4O/c25-19(13-15-7-3-1-4-8-15)24-12-11-18-17(14-24)20(23-22-18)21-16-9-5-2-6-10-16/h1-10H,11-14H2,(H2,21,22,23). The van der Waals surface area contributed by atoms with Gasteiger partial charge in [-0.3, -0.25) is 9.89 Å². The van der Waals surface area contributed by atoms with E-state index in [1.165, 1.54) is 0 Å². The van der Waals surface area contributed by atoms with Gasteiger partial charge in [0.05, 0.1) is 13.0 Å². The Labute approximate surface area is 146 Å². The number of fused-ring (bicyclic) bond motifs is 1. The van der Waals surface area contributed by atoms with Gasteiger partial charge in [0, 0.05) is 29.9 Å². The predicted molar refractivity (Wildman–Crippen MR) is 97.6 cm³/mol. The first-order chi connectivity index (χ1) is 12.3. The molecule has 0 spiro atoms. The number of carbonyl (C=O) groups is 1. The highest BCUT2D eigenvalue weighted by Crippen LogP contribution is 2.26. The lowest BCUT2D eigenvalue weighted by atomic mass is 10.1. The molecule has 0 unspecified atom stereocenters. The van der Waals surface area contributed by atoms with E-state index in [1.54, 1.807) is 0 Å². The number of H-pyrrole nitrogens is 1. The number of amides is 1. The summed E-state index contributed by atoms with van der Waals surface area (Å²) in [5, 5.41) is 10.8. The van der Waals surface area contributed by atoms with E-state index in [4.69, 9.17) is 0 Å². The molecule has 25 heavy (non-hydrogen) atoms. The molecule has 1 amide bonds. The zero-order chi connectivity index (χ0) is 17.1. The third kappa shape index (κ3) is 3.40. The zero-order valence-electron chi connectivity index (χ0n) is 13.9. The molecule has 5 nitrogen and oxygen atoms in total. The van der Waals surface area contributed by atoms with Gasteiger partial charge in [-0.05, 0) is 17.7 Å². The van der Waals surface area contributed by atoms with Crippen molar-refractivity contribution in [2.24, 2.45) is 0 Å². The third-order valence-corrected chi connectivity index (χ3v) is 4.52. The Morgan fingerprint density at radius 3 is 2.56 bits per heavy atom. The van der Waals surface area contributed by atoms with Gasteiger partial charge in [0.1, 0.15) is 0 Å². The Kier molecular flexibility index (Phi) is 4.21. The molecule has 2 N–H and O–H groups in total. The number of benzene rings is 2. The first-order valence-corrected chi connectivity index (χ1v) is 8.49. The van der Waals surface area contributed by atoms with Crippen LogP contribution in [0, 0.1) is 0 Å². The van der Waals surface area contributed by atoms with E-state index in [0.29, 0.717) is 13.0 Å². The monoisotopic (exact) mass is 332 g/mol. The minimum Gasteiger partial charge on any atom is -0.338 e. The number of aromatic amines is 1. The predicted octanol–water partition coefficient (Wildman–Crippen LogP) is 3.28. The molecular weight excluding hydrogens is 312 g/mol. The second-order valence-corrected chi connectivity index (χ2v) is 6.25. The van der Waals surface area contributed by atoms with Crippen LogP contribution in [0.4, 0.5) is 11.5 Å². The average Bonchev–Trinajstić information content (AvgIpc) is 3.05. The molecule has 4 rings (SSSR count). The molecule has 0 fully saturated rings. The number of hydrogen-bond donors (Lipinski definition) is 2. The normalized spacial score (nSPS) is 13.4. The van der Waals surface area contributed by atoms with Crippen LogP contribution in [0.2, 0.25) is 0 Å². The summed E-state index contributed by atoms with van der Waals surface area (Å²) in [7, 11) is 0. The smallest absolute Gasteiger partial charge is 0.227 e. The number of anilines is 2. The van der Waals surface area contributed by atoms with Crippen LogP contribution >= 0.6 is 0 Å². The van der Waals surface area contributed by atoms with E-state index in [9.17, 15) is 4.79 Å². The van der Waals surface area contributed by atoms with E-state index in [1.807, 2.05) is 65.6 Å². The Hall–Kier alpha value is -3.08. The van der Waals surface area contributed by atoms with Crippen LogP contribution in [0.3, 0.4) is 0 Å². The minimum atomic E-state index is 0.156.